The van der Waals surface area contributed by atoms with E-state index in [4.69, 9.17) is 4.74 Å². The van der Waals surface area contributed by atoms with Gasteiger partial charge in [0.05, 0.1) is 31.7 Å². The van der Waals surface area contributed by atoms with Crippen LogP contribution in [0.15, 0.2) is 32.9 Å². The summed E-state index contributed by atoms with van der Waals surface area (Å²) in [7, 11) is 0. The second-order valence-corrected chi connectivity index (χ2v) is 10.7. The fourth-order valence-corrected chi connectivity index (χ4v) is 5.86. The molecule has 0 bridgehead atoms. The molecule has 1 amide bonds. The number of ketones is 1. The maximum Gasteiger partial charge on any atom is 0.223 e. The number of nitrogens with zero attached hydrogens (tertiary/aromatic N) is 3. The van der Waals surface area contributed by atoms with Gasteiger partial charge >= 0.3 is 0 Å². The zero-order valence-electron chi connectivity index (χ0n) is 17.8. The number of allylic oxidation sites excluding steroid dienone is 1. The number of Topliss-reactive ketones (excluding diaryl/α,β-unsaturated/α-hetero) is 1. The highest BCUT2D eigenvalue weighted by Gasteiger charge is 2.62. The fourth-order valence-electron chi connectivity index (χ4n) is 5.86. The predicted octanol–water partition coefficient (Wildman–Crippen LogP) is 2.94. The Morgan fingerprint density at radius 3 is 2.76 bits per heavy atom. The molecule has 0 aromatic carbocycles. The van der Waals surface area contributed by atoms with Crippen LogP contribution in [-0.2, 0) is 14.3 Å². The fraction of sp³-hybridized carbons (Fsp3) is 0.727. The van der Waals surface area contributed by atoms with Crippen LogP contribution < -0.4 is 5.32 Å². The molecule has 7 nitrogen and oxygen atoms in total. The highest BCUT2D eigenvalue weighted by Crippen LogP contribution is 2.58. The number of rotatable bonds is 2. The minimum atomic E-state index is -0.444. The van der Waals surface area contributed by atoms with E-state index >= 15 is 0 Å². The third-order valence-electron chi connectivity index (χ3n) is 7.03. The SMILES string of the molecule is CC(C)CC(=O)N1CC2(C1)CC1(CO2)C2=C(N=NC2)NC2=C1C(=O)CC(C)(C)C2. The summed E-state index contributed by atoms with van der Waals surface area (Å²) in [6.07, 6.45) is 2.69. The summed E-state index contributed by atoms with van der Waals surface area (Å²) in [5, 5.41) is 12.0. The number of carbonyl (C=O) groups is 2. The van der Waals surface area contributed by atoms with Crippen LogP contribution in [0.25, 0.3) is 0 Å². The normalized spacial score (nSPS) is 31.5. The van der Waals surface area contributed by atoms with Crippen LogP contribution in [0.3, 0.4) is 0 Å². The highest BCUT2D eigenvalue weighted by atomic mass is 16.5. The molecule has 0 aromatic rings. The Morgan fingerprint density at radius 2 is 2.03 bits per heavy atom. The van der Waals surface area contributed by atoms with Crippen LogP contribution in [0.4, 0.5) is 0 Å². The van der Waals surface area contributed by atoms with Crippen molar-refractivity contribution in [1.29, 1.82) is 0 Å². The third-order valence-corrected chi connectivity index (χ3v) is 7.03. The van der Waals surface area contributed by atoms with E-state index in [0.717, 1.165) is 35.5 Å². The Morgan fingerprint density at radius 1 is 1.28 bits per heavy atom. The minimum absolute atomic E-state index is 0.0639. The quantitative estimate of drug-likeness (QED) is 0.775. The standard InChI is InChI=1S/C22H30N4O3/c1-13(2)5-17(28)26-10-21(11-26)9-22(12-29-21)14-8-23-25-19(14)24-15-6-20(3,4)7-16(27)18(15)22/h13,24H,5-12H2,1-4H3. The molecule has 5 rings (SSSR count). The van der Waals surface area contributed by atoms with Crippen molar-refractivity contribution in [3.8, 4) is 0 Å². The molecule has 0 saturated carbocycles. The van der Waals surface area contributed by atoms with E-state index in [1.807, 2.05) is 4.90 Å². The Hall–Kier alpha value is -2.02. The van der Waals surface area contributed by atoms with Crippen molar-refractivity contribution in [2.45, 2.75) is 59.0 Å². The van der Waals surface area contributed by atoms with Crippen molar-refractivity contribution < 1.29 is 14.3 Å². The van der Waals surface area contributed by atoms with Gasteiger partial charge in [-0.05, 0) is 24.2 Å². The zero-order valence-corrected chi connectivity index (χ0v) is 17.8. The summed E-state index contributed by atoms with van der Waals surface area (Å²) in [6, 6.07) is 0. The summed E-state index contributed by atoms with van der Waals surface area (Å²) < 4.78 is 6.39. The Kier molecular flexibility index (Phi) is 3.93. The monoisotopic (exact) mass is 398 g/mol. The summed E-state index contributed by atoms with van der Waals surface area (Å²) in [4.78, 5) is 27.6. The molecule has 1 atom stereocenters. The second kappa shape index (κ2) is 6.00. The average Bonchev–Trinajstić information content (AvgIpc) is 3.17. The number of hydrogen-bond acceptors (Lipinski definition) is 6. The second-order valence-electron chi connectivity index (χ2n) is 10.7. The molecule has 156 valence electrons. The van der Waals surface area contributed by atoms with Crippen LogP contribution in [0, 0.1) is 16.7 Å². The molecule has 4 heterocycles. The van der Waals surface area contributed by atoms with Gasteiger partial charge in [0.15, 0.2) is 11.6 Å². The average molecular weight is 399 g/mol. The maximum absolute atomic E-state index is 13.3. The molecular formula is C22H30N4O3. The molecule has 1 unspecified atom stereocenters. The first-order valence-corrected chi connectivity index (χ1v) is 10.7. The lowest BCUT2D eigenvalue weighted by Gasteiger charge is -2.49. The first-order valence-electron chi connectivity index (χ1n) is 10.7. The van der Waals surface area contributed by atoms with Crippen molar-refractivity contribution in [1.82, 2.24) is 10.2 Å². The minimum Gasteiger partial charge on any atom is -0.370 e. The Balaban J connectivity index is 1.45. The van der Waals surface area contributed by atoms with Crippen LogP contribution in [0.1, 0.15) is 53.4 Å². The van der Waals surface area contributed by atoms with E-state index in [0.29, 0.717) is 45.0 Å². The van der Waals surface area contributed by atoms with Gasteiger partial charge in [-0.15, -0.1) is 5.11 Å². The van der Waals surface area contributed by atoms with Crippen LogP contribution in [0.5, 0.6) is 0 Å². The predicted molar refractivity (Wildman–Crippen MR) is 107 cm³/mol. The lowest BCUT2D eigenvalue weighted by Crippen LogP contribution is -2.63. The lowest BCUT2D eigenvalue weighted by molar-refractivity contribution is -0.158. The molecule has 2 saturated heterocycles. The van der Waals surface area contributed by atoms with Gasteiger partial charge < -0.3 is 15.0 Å². The molecule has 0 aromatic heterocycles. The van der Waals surface area contributed by atoms with E-state index < -0.39 is 5.41 Å². The van der Waals surface area contributed by atoms with Gasteiger partial charge in [-0.2, -0.15) is 5.11 Å². The summed E-state index contributed by atoms with van der Waals surface area (Å²) in [5.74, 6) is 1.57. The first-order chi connectivity index (χ1) is 13.6. The van der Waals surface area contributed by atoms with Crippen LogP contribution in [-0.4, -0.2) is 48.4 Å². The van der Waals surface area contributed by atoms with Crippen molar-refractivity contribution in [2.24, 2.45) is 27.0 Å². The number of azo groups is 1. The molecule has 1 N–H and O–H groups in total. The summed E-state index contributed by atoms with van der Waals surface area (Å²) in [5.41, 5.74) is 2.13. The van der Waals surface area contributed by atoms with E-state index in [1.165, 1.54) is 0 Å². The summed E-state index contributed by atoms with van der Waals surface area (Å²) >= 11 is 0. The molecule has 2 fully saturated rings. The third kappa shape index (κ3) is 2.80. The number of nitrogens with one attached hydrogen (secondary N) is 1. The van der Waals surface area contributed by atoms with Crippen molar-refractivity contribution in [3.05, 3.63) is 22.7 Å². The number of carbonyl (C=O) groups excluding carboxylic acids is 2. The van der Waals surface area contributed by atoms with Gasteiger partial charge in [-0.1, -0.05) is 27.7 Å². The molecule has 2 spiro atoms. The topological polar surface area (TPSA) is 83.4 Å². The van der Waals surface area contributed by atoms with Crippen LogP contribution in [0.2, 0.25) is 0 Å². The van der Waals surface area contributed by atoms with Crippen molar-refractivity contribution in [2.75, 3.05) is 26.2 Å². The van der Waals surface area contributed by atoms with Gasteiger partial charge in [0.2, 0.25) is 5.91 Å². The van der Waals surface area contributed by atoms with Gasteiger partial charge in [-0.25, -0.2) is 0 Å². The van der Waals surface area contributed by atoms with Gasteiger partial charge in [0.1, 0.15) is 5.60 Å². The number of ether oxygens (including phenoxy) is 1. The van der Waals surface area contributed by atoms with E-state index in [9.17, 15) is 9.59 Å². The zero-order chi connectivity index (χ0) is 20.6. The van der Waals surface area contributed by atoms with E-state index in [1.54, 1.807) is 0 Å². The Labute approximate surface area is 171 Å². The van der Waals surface area contributed by atoms with Gasteiger partial charge in [0.25, 0.3) is 0 Å². The number of dihydropyridines is 1. The number of amides is 1. The number of hydrogen-bond donors (Lipinski definition) is 1. The molecule has 7 heteroatoms. The van der Waals surface area contributed by atoms with Crippen LogP contribution >= 0.6 is 0 Å². The number of fused-ring (bicyclic) bond motifs is 2. The van der Waals surface area contributed by atoms with E-state index in [-0.39, 0.29) is 22.7 Å². The molecule has 1 aliphatic carbocycles. The van der Waals surface area contributed by atoms with Gasteiger partial charge in [0, 0.05) is 29.7 Å². The molecular weight excluding hydrogens is 368 g/mol. The highest BCUT2D eigenvalue weighted by molar-refractivity contribution is 6.00. The Bertz CT molecular complexity index is 892. The molecule has 5 aliphatic rings. The van der Waals surface area contributed by atoms with Crippen molar-refractivity contribution >= 4 is 11.7 Å². The smallest absolute Gasteiger partial charge is 0.223 e. The maximum atomic E-state index is 13.3. The molecule has 4 aliphatic heterocycles. The molecule has 0 radical (unpaired) electrons. The molecule has 29 heavy (non-hydrogen) atoms. The largest absolute Gasteiger partial charge is 0.370 e. The van der Waals surface area contributed by atoms with Gasteiger partial charge in [-0.3, -0.25) is 9.59 Å². The van der Waals surface area contributed by atoms with Crippen molar-refractivity contribution in [3.63, 3.8) is 0 Å². The number of likely N-dealkylation sites (tertiary alicyclic amines) is 1. The first kappa shape index (κ1) is 19.0. The lowest BCUT2D eigenvalue weighted by atomic mass is 9.61. The summed E-state index contributed by atoms with van der Waals surface area (Å²) in [6.45, 7) is 10.6. The van der Waals surface area contributed by atoms with E-state index in [2.05, 4.69) is 43.2 Å².